The van der Waals surface area contributed by atoms with Crippen LogP contribution in [0.2, 0.25) is 0 Å². The maximum absolute atomic E-state index is 11.3. The topological polar surface area (TPSA) is 9.23 Å². The fourth-order valence-electron chi connectivity index (χ4n) is 0.134. The Morgan fingerprint density at radius 3 is 1.75 bits per heavy atom. The summed E-state index contributed by atoms with van der Waals surface area (Å²) in [7, 11) is -2.50. The summed E-state index contributed by atoms with van der Waals surface area (Å²) in [4.78, 5) is 0. The average Bonchev–Trinajstić information content (AvgIpc) is 1.62. The van der Waals surface area contributed by atoms with Gasteiger partial charge in [0, 0.05) is 7.11 Å². The van der Waals surface area contributed by atoms with Gasteiger partial charge in [0.25, 0.3) is 0 Å². The molecule has 0 aliphatic heterocycles. The Morgan fingerprint density at radius 2 is 1.75 bits per heavy atom. The first-order valence-corrected chi connectivity index (χ1v) is 1.72. The second-order valence-corrected chi connectivity index (χ2v) is 1.09. The molecule has 6 heteroatoms. The van der Waals surface area contributed by atoms with Gasteiger partial charge in [0.1, 0.15) is 0 Å². The zero-order valence-corrected chi connectivity index (χ0v) is 4.00. The fraction of sp³-hybridized carbons (Fsp3) is 1.00. The molecule has 0 saturated heterocycles. The fourth-order valence-corrected chi connectivity index (χ4v) is 0.134. The van der Waals surface area contributed by atoms with E-state index >= 15 is 0 Å². The lowest BCUT2D eigenvalue weighted by Gasteiger charge is -2.03. The number of rotatable bonds is 1. The molecule has 0 saturated carbocycles. The highest BCUT2D eigenvalue weighted by Crippen LogP contribution is 2.19. The maximum atomic E-state index is 11.3. The first kappa shape index (κ1) is 7.74. The van der Waals surface area contributed by atoms with Crippen LogP contribution in [0.5, 0.6) is 0 Å². The number of alkyl halides is 3. The van der Waals surface area contributed by atoms with Gasteiger partial charge in [0.15, 0.2) is 0 Å². The Hall–Kier alpha value is -0.255. The third kappa shape index (κ3) is 2.16. The van der Waals surface area contributed by atoms with Crippen molar-refractivity contribution in [2.45, 2.75) is 6.08 Å². The lowest BCUT2D eigenvalue weighted by Crippen LogP contribution is -2.31. The van der Waals surface area contributed by atoms with Gasteiger partial charge in [-0.1, -0.05) is 0 Å². The SMILES string of the molecule is COB(F)C(F)(F)F. The summed E-state index contributed by atoms with van der Waals surface area (Å²) in [6.07, 6.45) is -4.88. The second kappa shape index (κ2) is 2.34. The van der Waals surface area contributed by atoms with Crippen LogP contribution in [0.3, 0.4) is 0 Å². The molecule has 0 N–H and O–H groups in total. The Kier molecular flexibility index (Phi) is 2.27. The van der Waals surface area contributed by atoms with E-state index in [1.807, 2.05) is 0 Å². The van der Waals surface area contributed by atoms with Gasteiger partial charge in [-0.3, -0.25) is 4.32 Å². The molecule has 0 heterocycles. The van der Waals surface area contributed by atoms with Gasteiger partial charge < -0.3 is 4.65 Å². The predicted octanol–water partition coefficient (Wildman–Crippen LogP) is 1.19. The molecule has 48 valence electrons. The molecule has 0 fully saturated rings. The molecule has 0 aromatic carbocycles. The molecule has 0 aromatic heterocycles. The van der Waals surface area contributed by atoms with Crippen LogP contribution in [-0.4, -0.2) is 20.4 Å². The molecule has 0 spiro atoms. The normalized spacial score (nSPS) is 11.6. The molecule has 1 nitrogen and oxygen atoms in total. The lowest BCUT2D eigenvalue weighted by atomic mass is 9.95. The largest absolute Gasteiger partial charge is 0.615 e. The van der Waals surface area contributed by atoms with Crippen LogP contribution in [0.15, 0.2) is 0 Å². The minimum Gasteiger partial charge on any atom is -0.404 e. The molecule has 8 heavy (non-hydrogen) atoms. The van der Waals surface area contributed by atoms with Gasteiger partial charge in [-0.15, -0.1) is 0 Å². The van der Waals surface area contributed by atoms with Crippen LogP contribution in [-0.2, 0) is 4.65 Å². The van der Waals surface area contributed by atoms with E-state index < -0.39 is 13.3 Å². The Bertz CT molecular complexity index is 70.9. The zero-order valence-electron chi connectivity index (χ0n) is 4.00. The van der Waals surface area contributed by atoms with Crippen LogP contribution in [0.4, 0.5) is 17.5 Å². The molecule has 0 atom stereocenters. The third-order valence-corrected chi connectivity index (χ3v) is 0.464. The monoisotopic (exact) mass is 130 g/mol. The highest BCUT2D eigenvalue weighted by atomic mass is 19.4. The van der Waals surface area contributed by atoms with Gasteiger partial charge in [-0.05, 0) is 0 Å². The first-order chi connectivity index (χ1) is 3.48. The minimum absolute atomic E-state index is 0.651. The molecule has 0 amide bonds. The quantitative estimate of drug-likeness (QED) is 0.382. The van der Waals surface area contributed by atoms with Crippen molar-refractivity contribution in [1.29, 1.82) is 0 Å². The van der Waals surface area contributed by atoms with Crippen molar-refractivity contribution < 1.29 is 22.1 Å². The van der Waals surface area contributed by atoms with Gasteiger partial charge in [-0.25, -0.2) is 0 Å². The summed E-state index contributed by atoms with van der Waals surface area (Å²) < 4.78 is 47.5. The number of hydrogen-bond acceptors (Lipinski definition) is 1. The smallest absolute Gasteiger partial charge is 0.404 e. The number of halogens is 4. The molecule has 0 aromatic rings. The van der Waals surface area contributed by atoms with Gasteiger partial charge >= 0.3 is 13.3 Å². The standard InChI is InChI=1S/C2H3BF4O/c1-8-3(7)2(4,5)6/h1H3. The van der Waals surface area contributed by atoms with E-state index in [9.17, 15) is 17.5 Å². The summed E-state index contributed by atoms with van der Waals surface area (Å²) in [5.74, 6) is 0. The molecular formula is C2H3BF4O. The van der Waals surface area contributed by atoms with Crippen molar-refractivity contribution >= 4 is 7.19 Å². The summed E-state index contributed by atoms with van der Waals surface area (Å²) in [5, 5.41) is 0. The second-order valence-electron chi connectivity index (χ2n) is 1.09. The van der Waals surface area contributed by atoms with Crippen molar-refractivity contribution in [3.05, 3.63) is 0 Å². The van der Waals surface area contributed by atoms with E-state index in [0.717, 1.165) is 0 Å². The summed E-state index contributed by atoms with van der Waals surface area (Å²) in [6, 6.07) is 0. The van der Waals surface area contributed by atoms with Crippen LogP contribution in [0.25, 0.3) is 0 Å². The Morgan fingerprint density at radius 1 is 1.38 bits per heavy atom. The van der Waals surface area contributed by atoms with E-state index in [1.165, 1.54) is 0 Å². The van der Waals surface area contributed by atoms with Gasteiger partial charge in [-0.2, -0.15) is 13.2 Å². The van der Waals surface area contributed by atoms with Crippen LogP contribution < -0.4 is 0 Å². The van der Waals surface area contributed by atoms with Crippen molar-refractivity contribution in [1.82, 2.24) is 0 Å². The van der Waals surface area contributed by atoms with Crippen LogP contribution >= 0.6 is 0 Å². The van der Waals surface area contributed by atoms with Crippen molar-refractivity contribution in [3.63, 3.8) is 0 Å². The van der Waals surface area contributed by atoms with Gasteiger partial charge in [0.05, 0.1) is 0 Å². The maximum Gasteiger partial charge on any atom is 0.615 e. The Labute approximate surface area is 43.8 Å². The average molecular weight is 130 g/mol. The first-order valence-electron chi connectivity index (χ1n) is 1.72. The molecule has 0 bridgehead atoms. The summed E-state index contributed by atoms with van der Waals surface area (Å²) >= 11 is 0. The van der Waals surface area contributed by atoms with E-state index in [4.69, 9.17) is 0 Å². The third-order valence-electron chi connectivity index (χ3n) is 0.464. The highest BCUT2D eigenvalue weighted by Gasteiger charge is 2.47. The minimum atomic E-state index is -4.88. The molecule has 0 aliphatic carbocycles. The van der Waals surface area contributed by atoms with Crippen LogP contribution in [0, 0.1) is 0 Å². The number of hydrogen-bond donors (Lipinski definition) is 0. The van der Waals surface area contributed by atoms with E-state index in [2.05, 4.69) is 4.65 Å². The summed E-state index contributed by atoms with van der Waals surface area (Å²) in [6.45, 7) is 0. The predicted molar refractivity (Wildman–Crippen MR) is 19.9 cm³/mol. The molecule has 0 rings (SSSR count). The molecule has 0 radical (unpaired) electrons. The lowest BCUT2D eigenvalue weighted by molar-refractivity contribution is -0.0728. The van der Waals surface area contributed by atoms with Crippen molar-refractivity contribution in [2.75, 3.05) is 7.11 Å². The van der Waals surface area contributed by atoms with Gasteiger partial charge in [0.2, 0.25) is 0 Å². The van der Waals surface area contributed by atoms with Crippen molar-refractivity contribution in [3.8, 4) is 0 Å². The van der Waals surface area contributed by atoms with Crippen molar-refractivity contribution in [2.24, 2.45) is 0 Å². The summed E-state index contributed by atoms with van der Waals surface area (Å²) in [5.41, 5.74) is 0. The highest BCUT2D eigenvalue weighted by molar-refractivity contribution is 6.45. The Balaban J connectivity index is 3.62. The molecule has 0 unspecified atom stereocenters. The van der Waals surface area contributed by atoms with E-state index in [-0.39, 0.29) is 0 Å². The zero-order chi connectivity index (χ0) is 6.78. The molecular weight excluding hydrogens is 127 g/mol. The van der Waals surface area contributed by atoms with Crippen LogP contribution in [0.1, 0.15) is 0 Å². The van der Waals surface area contributed by atoms with E-state index in [1.54, 1.807) is 0 Å². The molecule has 0 aliphatic rings. The van der Waals surface area contributed by atoms with E-state index in [0.29, 0.717) is 7.11 Å².